The van der Waals surface area contributed by atoms with E-state index < -0.39 is 0 Å². The summed E-state index contributed by atoms with van der Waals surface area (Å²) in [5.41, 5.74) is 2.86. The standard InChI is InChI=1S/C17H20N2O/c1-10-5-6-13-12(9-10)18-14-11-7-8-17(4,16(11,2)3)15(20)19(13)14/h5-6,9,11H,7-8H2,1-4H3/t11-,17+/m0/s1. The maximum atomic E-state index is 13.1. The third kappa shape index (κ3) is 1.13. The molecular weight excluding hydrogens is 248 g/mol. The van der Waals surface area contributed by atoms with Gasteiger partial charge in [-0.05, 0) is 42.9 Å². The molecule has 0 amide bonds. The second-order valence-electron chi connectivity index (χ2n) is 7.25. The maximum absolute atomic E-state index is 13.1. The van der Waals surface area contributed by atoms with Gasteiger partial charge in [0.25, 0.3) is 0 Å². The highest BCUT2D eigenvalue weighted by Crippen LogP contribution is 2.63. The summed E-state index contributed by atoms with van der Waals surface area (Å²) in [6.45, 7) is 8.67. The Morgan fingerprint density at radius 3 is 2.80 bits per heavy atom. The molecule has 2 bridgehead atoms. The summed E-state index contributed by atoms with van der Waals surface area (Å²) < 4.78 is 1.90. The first kappa shape index (κ1) is 12.1. The van der Waals surface area contributed by atoms with E-state index in [2.05, 4.69) is 39.8 Å². The lowest BCUT2D eigenvalue weighted by Gasteiger charge is -2.44. The number of imidazole rings is 1. The fraction of sp³-hybridized carbons (Fsp3) is 0.529. The molecule has 1 aliphatic carbocycles. The zero-order valence-corrected chi connectivity index (χ0v) is 12.5. The Hall–Kier alpha value is -1.64. The first-order valence-electron chi connectivity index (χ1n) is 7.40. The molecule has 104 valence electrons. The minimum atomic E-state index is -0.261. The molecule has 1 aromatic carbocycles. The highest BCUT2D eigenvalue weighted by atomic mass is 16.2. The number of benzene rings is 1. The van der Waals surface area contributed by atoms with Crippen LogP contribution in [0.3, 0.4) is 0 Å². The molecule has 2 aliphatic rings. The van der Waals surface area contributed by atoms with Crippen molar-refractivity contribution in [1.82, 2.24) is 9.55 Å². The van der Waals surface area contributed by atoms with Crippen LogP contribution in [-0.4, -0.2) is 15.5 Å². The van der Waals surface area contributed by atoms with Gasteiger partial charge in [-0.3, -0.25) is 9.36 Å². The molecule has 0 N–H and O–H groups in total. The Morgan fingerprint density at radius 2 is 2.05 bits per heavy atom. The van der Waals surface area contributed by atoms with Gasteiger partial charge < -0.3 is 0 Å². The van der Waals surface area contributed by atoms with Crippen LogP contribution in [0.25, 0.3) is 11.0 Å². The van der Waals surface area contributed by atoms with Crippen LogP contribution >= 0.6 is 0 Å². The van der Waals surface area contributed by atoms with Gasteiger partial charge >= 0.3 is 0 Å². The topological polar surface area (TPSA) is 34.9 Å². The maximum Gasteiger partial charge on any atom is 0.239 e. The van der Waals surface area contributed by atoms with Crippen molar-refractivity contribution in [3.8, 4) is 0 Å². The van der Waals surface area contributed by atoms with E-state index in [0.29, 0.717) is 5.92 Å². The molecule has 1 fully saturated rings. The van der Waals surface area contributed by atoms with E-state index in [0.717, 1.165) is 29.7 Å². The third-order valence-corrected chi connectivity index (χ3v) is 6.05. The molecule has 2 aromatic rings. The number of hydrogen-bond acceptors (Lipinski definition) is 2. The van der Waals surface area contributed by atoms with Crippen molar-refractivity contribution in [3.05, 3.63) is 29.6 Å². The summed E-state index contributed by atoms with van der Waals surface area (Å²) in [6.07, 6.45) is 2.04. The number of fused-ring (bicyclic) bond motifs is 6. The van der Waals surface area contributed by atoms with E-state index in [9.17, 15) is 4.79 Å². The van der Waals surface area contributed by atoms with Crippen LogP contribution in [0, 0.1) is 17.8 Å². The van der Waals surface area contributed by atoms with E-state index in [4.69, 9.17) is 4.98 Å². The van der Waals surface area contributed by atoms with Crippen LogP contribution in [0.4, 0.5) is 0 Å². The van der Waals surface area contributed by atoms with E-state index in [1.807, 2.05) is 10.6 Å². The largest absolute Gasteiger partial charge is 0.273 e. The normalized spacial score (nSPS) is 30.8. The molecule has 1 aliphatic heterocycles. The van der Waals surface area contributed by atoms with Crippen LogP contribution in [0.2, 0.25) is 0 Å². The van der Waals surface area contributed by atoms with Gasteiger partial charge in [0.15, 0.2) is 0 Å². The molecule has 3 heteroatoms. The molecule has 1 aromatic heterocycles. The average molecular weight is 268 g/mol. The zero-order valence-electron chi connectivity index (χ0n) is 12.5. The van der Waals surface area contributed by atoms with Crippen LogP contribution < -0.4 is 0 Å². The second-order valence-corrected chi connectivity index (χ2v) is 7.25. The minimum Gasteiger partial charge on any atom is -0.273 e. The highest BCUT2D eigenvalue weighted by molar-refractivity contribution is 5.96. The van der Waals surface area contributed by atoms with Crippen molar-refractivity contribution in [3.63, 3.8) is 0 Å². The monoisotopic (exact) mass is 268 g/mol. The van der Waals surface area contributed by atoms with E-state index in [-0.39, 0.29) is 16.7 Å². The average Bonchev–Trinajstić information content (AvgIpc) is 2.81. The molecule has 3 nitrogen and oxygen atoms in total. The Balaban J connectivity index is 2.09. The lowest BCUT2D eigenvalue weighted by molar-refractivity contribution is 0.0413. The van der Waals surface area contributed by atoms with Gasteiger partial charge in [-0.2, -0.15) is 0 Å². The third-order valence-electron chi connectivity index (χ3n) is 6.05. The van der Waals surface area contributed by atoms with Crippen LogP contribution in [-0.2, 0) is 0 Å². The quantitative estimate of drug-likeness (QED) is 0.726. The summed E-state index contributed by atoms with van der Waals surface area (Å²) in [7, 11) is 0. The number of rotatable bonds is 0. The van der Waals surface area contributed by atoms with Crippen molar-refractivity contribution in [2.24, 2.45) is 10.8 Å². The fourth-order valence-corrected chi connectivity index (χ4v) is 4.24. The molecule has 4 rings (SSSR count). The van der Waals surface area contributed by atoms with Crippen molar-refractivity contribution < 1.29 is 4.79 Å². The molecule has 2 atom stereocenters. The summed E-state index contributed by atoms with van der Waals surface area (Å²) in [4.78, 5) is 17.9. The molecule has 0 unspecified atom stereocenters. The first-order chi connectivity index (χ1) is 9.36. The Morgan fingerprint density at radius 1 is 1.30 bits per heavy atom. The van der Waals surface area contributed by atoms with Crippen molar-refractivity contribution in [1.29, 1.82) is 0 Å². The first-order valence-corrected chi connectivity index (χ1v) is 7.40. The SMILES string of the molecule is Cc1ccc2c(c1)nc1n2C(=O)[C@@]2(C)CC[C@@H]1C2(C)C. The minimum absolute atomic E-state index is 0.00347. The lowest BCUT2D eigenvalue weighted by atomic mass is 9.63. The molecule has 0 spiro atoms. The van der Waals surface area contributed by atoms with Gasteiger partial charge in [-0.25, -0.2) is 4.98 Å². The second kappa shape index (κ2) is 3.33. The molecule has 0 radical (unpaired) electrons. The van der Waals surface area contributed by atoms with Gasteiger partial charge in [0.05, 0.1) is 16.4 Å². The lowest BCUT2D eigenvalue weighted by Crippen LogP contribution is -2.47. The molecule has 0 saturated heterocycles. The van der Waals surface area contributed by atoms with E-state index in [1.54, 1.807) is 0 Å². The van der Waals surface area contributed by atoms with Crippen molar-refractivity contribution in [2.45, 2.75) is 46.5 Å². The van der Waals surface area contributed by atoms with Gasteiger partial charge in [-0.1, -0.05) is 26.8 Å². The molecule has 2 heterocycles. The molecular formula is C17H20N2O. The number of aromatic nitrogens is 2. The summed E-state index contributed by atoms with van der Waals surface area (Å²) >= 11 is 0. The van der Waals surface area contributed by atoms with Crippen LogP contribution in [0.1, 0.15) is 55.7 Å². The zero-order chi connectivity index (χ0) is 14.3. The fourth-order valence-electron chi connectivity index (χ4n) is 4.24. The van der Waals surface area contributed by atoms with Gasteiger partial charge in [0.1, 0.15) is 5.82 Å². The summed E-state index contributed by atoms with van der Waals surface area (Å²) in [5.74, 6) is 1.60. The summed E-state index contributed by atoms with van der Waals surface area (Å²) in [5, 5.41) is 0. The van der Waals surface area contributed by atoms with Crippen molar-refractivity contribution in [2.75, 3.05) is 0 Å². The molecule has 20 heavy (non-hydrogen) atoms. The number of hydrogen-bond donors (Lipinski definition) is 0. The van der Waals surface area contributed by atoms with Crippen LogP contribution in [0.5, 0.6) is 0 Å². The van der Waals surface area contributed by atoms with Crippen molar-refractivity contribution >= 4 is 16.9 Å². The number of aryl methyl sites for hydroxylation is 1. The Labute approximate surface area is 119 Å². The smallest absolute Gasteiger partial charge is 0.239 e. The van der Waals surface area contributed by atoms with Gasteiger partial charge in [-0.15, -0.1) is 0 Å². The summed E-state index contributed by atoms with van der Waals surface area (Å²) in [6, 6.07) is 6.19. The molecule has 1 saturated carbocycles. The number of carbonyl (C=O) groups excluding carboxylic acids is 1. The Kier molecular flexibility index (Phi) is 2.02. The highest BCUT2D eigenvalue weighted by Gasteiger charge is 2.61. The van der Waals surface area contributed by atoms with Gasteiger partial charge in [0.2, 0.25) is 5.91 Å². The Bertz CT molecular complexity index is 756. The number of nitrogens with zero attached hydrogens (tertiary/aromatic N) is 2. The van der Waals surface area contributed by atoms with E-state index in [1.165, 1.54) is 5.56 Å². The predicted molar refractivity (Wildman–Crippen MR) is 79.0 cm³/mol. The van der Waals surface area contributed by atoms with Crippen LogP contribution in [0.15, 0.2) is 18.2 Å². The van der Waals surface area contributed by atoms with Gasteiger partial charge in [0, 0.05) is 5.92 Å². The predicted octanol–water partition coefficient (Wildman–Crippen LogP) is 3.91. The van der Waals surface area contributed by atoms with E-state index >= 15 is 0 Å². The number of carbonyl (C=O) groups is 1.